The van der Waals surface area contributed by atoms with E-state index in [1.807, 2.05) is 31.2 Å². The lowest BCUT2D eigenvalue weighted by atomic mass is 9.73. The van der Waals surface area contributed by atoms with Gasteiger partial charge in [0.1, 0.15) is 5.54 Å². The first-order valence-electron chi connectivity index (χ1n) is 6.06. The molecule has 0 unspecified atom stereocenters. The van der Waals surface area contributed by atoms with Crippen molar-refractivity contribution >= 4 is 11.7 Å². The molecule has 4 heteroatoms. The summed E-state index contributed by atoms with van der Waals surface area (Å²) in [6.45, 7) is 2.01. The van der Waals surface area contributed by atoms with E-state index in [4.69, 9.17) is 9.47 Å². The number of ether oxygens (including phenoxy) is 2. The van der Waals surface area contributed by atoms with Gasteiger partial charge in [-0.1, -0.05) is 18.2 Å². The third-order valence-corrected chi connectivity index (χ3v) is 3.58. The van der Waals surface area contributed by atoms with Gasteiger partial charge in [0.05, 0.1) is 13.2 Å². The highest BCUT2D eigenvalue weighted by Crippen LogP contribution is 2.39. The zero-order chi connectivity index (χ0) is 13.2. The molecule has 98 valence electrons. The lowest BCUT2D eigenvalue weighted by Crippen LogP contribution is -2.59. The van der Waals surface area contributed by atoms with Crippen molar-refractivity contribution in [3.8, 4) is 0 Å². The van der Waals surface area contributed by atoms with Gasteiger partial charge in [0.2, 0.25) is 0 Å². The van der Waals surface area contributed by atoms with Crippen LogP contribution in [0.5, 0.6) is 0 Å². The molecule has 4 nitrogen and oxygen atoms in total. The topological polar surface area (TPSA) is 47.6 Å². The molecule has 0 aliphatic heterocycles. The maximum atomic E-state index is 12.0. The second-order valence-electron chi connectivity index (χ2n) is 4.78. The fourth-order valence-corrected chi connectivity index (χ4v) is 2.37. The van der Waals surface area contributed by atoms with E-state index in [9.17, 15) is 4.79 Å². The van der Waals surface area contributed by atoms with Gasteiger partial charge in [-0.15, -0.1) is 0 Å². The van der Waals surface area contributed by atoms with Gasteiger partial charge in [0, 0.05) is 25.6 Å². The molecule has 2 rings (SSSR count). The molecule has 1 aromatic rings. The van der Waals surface area contributed by atoms with E-state index in [2.05, 4.69) is 5.32 Å². The number of aryl methyl sites for hydroxylation is 1. The number of hydrogen-bond acceptors (Lipinski definition) is 4. The number of rotatable bonds is 4. The number of para-hydroxylation sites is 1. The van der Waals surface area contributed by atoms with Crippen molar-refractivity contribution in [2.24, 2.45) is 0 Å². The number of benzene rings is 1. The Balaban J connectivity index is 2.17. The molecule has 0 spiro atoms. The number of anilines is 1. The van der Waals surface area contributed by atoms with Crippen molar-refractivity contribution < 1.29 is 14.3 Å². The van der Waals surface area contributed by atoms with E-state index >= 15 is 0 Å². The number of nitrogens with one attached hydrogen (secondary N) is 1. The van der Waals surface area contributed by atoms with Crippen LogP contribution >= 0.6 is 0 Å². The van der Waals surface area contributed by atoms with Crippen LogP contribution in [-0.4, -0.2) is 31.8 Å². The Morgan fingerprint density at radius 3 is 2.56 bits per heavy atom. The van der Waals surface area contributed by atoms with Crippen LogP contribution in [0.15, 0.2) is 24.3 Å². The zero-order valence-electron chi connectivity index (χ0n) is 11.0. The summed E-state index contributed by atoms with van der Waals surface area (Å²) in [5, 5.41) is 3.32. The molecule has 1 aromatic carbocycles. The Morgan fingerprint density at radius 2 is 2.00 bits per heavy atom. The molecule has 1 saturated carbocycles. The molecular formula is C14H19NO3. The van der Waals surface area contributed by atoms with Gasteiger partial charge in [-0.3, -0.25) is 0 Å². The number of carbonyl (C=O) groups is 1. The largest absolute Gasteiger partial charge is 0.467 e. The first-order valence-corrected chi connectivity index (χ1v) is 6.06. The molecule has 0 atom stereocenters. The molecule has 1 aliphatic rings. The summed E-state index contributed by atoms with van der Waals surface area (Å²) >= 11 is 0. The smallest absolute Gasteiger partial charge is 0.331 e. The first-order chi connectivity index (χ1) is 8.61. The summed E-state index contributed by atoms with van der Waals surface area (Å²) in [5.74, 6) is -0.223. The van der Waals surface area contributed by atoms with E-state index in [0.717, 1.165) is 11.3 Å². The summed E-state index contributed by atoms with van der Waals surface area (Å²) in [4.78, 5) is 12.0. The molecule has 0 heterocycles. The predicted octanol–water partition coefficient (Wildman–Crippen LogP) is 2.13. The highest BCUT2D eigenvalue weighted by molar-refractivity contribution is 5.86. The zero-order valence-corrected chi connectivity index (χ0v) is 11.0. The molecule has 0 amide bonds. The maximum Gasteiger partial charge on any atom is 0.331 e. The minimum atomic E-state index is -0.637. The lowest BCUT2D eigenvalue weighted by Gasteiger charge is -2.45. The van der Waals surface area contributed by atoms with E-state index in [-0.39, 0.29) is 12.1 Å². The second kappa shape index (κ2) is 4.98. The third kappa shape index (κ3) is 2.20. The number of esters is 1. The van der Waals surface area contributed by atoms with Gasteiger partial charge in [-0.05, 0) is 18.6 Å². The molecule has 0 saturated heterocycles. The average molecular weight is 249 g/mol. The van der Waals surface area contributed by atoms with Gasteiger partial charge in [0.25, 0.3) is 0 Å². The Morgan fingerprint density at radius 1 is 1.33 bits per heavy atom. The number of hydrogen-bond donors (Lipinski definition) is 1. The minimum Gasteiger partial charge on any atom is -0.467 e. The van der Waals surface area contributed by atoms with Crippen molar-refractivity contribution in [3.63, 3.8) is 0 Å². The van der Waals surface area contributed by atoms with Crippen molar-refractivity contribution in [2.75, 3.05) is 19.5 Å². The van der Waals surface area contributed by atoms with Gasteiger partial charge in [0.15, 0.2) is 0 Å². The number of carbonyl (C=O) groups excluding carboxylic acids is 1. The standard InChI is InChI=1S/C14H19NO3/c1-10-6-4-5-7-12(10)15-14(13(16)18-3)8-11(9-14)17-2/h4-7,11,15H,8-9H2,1-3H3. The van der Waals surface area contributed by atoms with Gasteiger partial charge >= 0.3 is 5.97 Å². The van der Waals surface area contributed by atoms with Crippen LogP contribution in [0, 0.1) is 6.92 Å². The van der Waals surface area contributed by atoms with Crippen molar-refractivity contribution in [3.05, 3.63) is 29.8 Å². The van der Waals surface area contributed by atoms with Crippen LogP contribution in [0.25, 0.3) is 0 Å². The summed E-state index contributed by atoms with van der Waals surface area (Å²) in [5.41, 5.74) is 1.45. The van der Waals surface area contributed by atoms with E-state index in [1.165, 1.54) is 7.11 Å². The van der Waals surface area contributed by atoms with Crippen LogP contribution in [0.1, 0.15) is 18.4 Å². The minimum absolute atomic E-state index is 0.126. The summed E-state index contributed by atoms with van der Waals surface area (Å²) < 4.78 is 10.2. The van der Waals surface area contributed by atoms with Crippen LogP contribution in [0.2, 0.25) is 0 Å². The van der Waals surface area contributed by atoms with E-state index in [1.54, 1.807) is 7.11 Å². The molecule has 1 aliphatic carbocycles. The monoisotopic (exact) mass is 249 g/mol. The third-order valence-electron chi connectivity index (χ3n) is 3.58. The summed E-state index contributed by atoms with van der Waals surface area (Å²) in [6.07, 6.45) is 1.41. The van der Waals surface area contributed by atoms with Crippen molar-refractivity contribution in [1.82, 2.24) is 0 Å². The molecule has 0 radical (unpaired) electrons. The molecule has 0 bridgehead atoms. The van der Waals surface area contributed by atoms with E-state index < -0.39 is 5.54 Å². The predicted molar refractivity (Wildman–Crippen MR) is 69.6 cm³/mol. The van der Waals surface area contributed by atoms with E-state index in [0.29, 0.717) is 12.8 Å². The molecule has 0 aromatic heterocycles. The molecule has 1 N–H and O–H groups in total. The molecule has 18 heavy (non-hydrogen) atoms. The summed E-state index contributed by atoms with van der Waals surface area (Å²) in [7, 11) is 3.09. The maximum absolute atomic E-state index is 12.0. The Labute approximate surface area is 107 Å². The SMILES string of the molecule is COC(=O)C1(Nc2ccccc2C)CC(OC)C1. The van der Waals surface area contributed by atoms with Crippen molar-refractivity contribution in [2.45, 2.75) is 31.4 Å². The normalized spacial score (nSPS) is 26.3. The fourth-order valence-electron chi connectivity index (χ4n) is 2.37. The average Bonchev–Trinajstić information content (AvgIpc) is 2.34. The number of methoxy groups -OCH3 is 2. The second-order valence-corrected chi connectivity index (χ2v) is 4.78. The highest BCUT2D eigenvalue weighted by atomic mass is 16.5. The van der Waals surface area contributed by atoms with Gasteiger partial charge < -0.3 is 14.8 Å². The van der Waals surface area contributed by atoms with Crippen LogP contribution < -0.4 is 5.32 Å². The van der Waals surface area contributed by atoms with Crippen molar-refractivity contribution in [1.29, 1.82) is 0 Å². The molecular weight excluding hydrogens is 230 g/mol. The Bertz CT molecular complexity index is 438. The summed E-state index contributed by atoms with van der Waals surface area (Å²) in [6, 6.07) is 7.91. The lowest BCUT2D eigenvalue weighted by molar-refractivity contribution is -0.154. The Hall–Kier alpha value is -1.55. The highest BCUT2D eigenvalue weighted by Gasteiger charge is 2.51. The molecule has 1 fully saturated rings. The van der Waals surface area contributed by atoms with Crippen LogP contribution in [0.4, 0.5) is 5.69 Å². The van der Waals surface area contributed by atoms with Gasteiger partial charge in [-0.25, -0.2) is 4.79 Å². The van der Waals surface area contributed by atoms with Crippen LogP contribution in [0.3, 0.4) is 0 Å². The Kier molecular flexibility index (Phi) is 3.57. The quantitative estimate of drug-likeness (QED) is 0.830. The first kappa shape index (κ1) is 12.9. The van der Waals surface area contributed by atoms with Gasteiger partial charge in [-0.2, -0.15) is 0 Å². The fraction of sp³-hybridized carbons (Fsp3) is 0.500. The van der Waals surface area contributed by atoms with Crippen LogP contribution in [-0.2, 0) is 14.3 Å².